The monoisotopic (exact) mass is 132 g/mol. The fourth-order valence-electron chi connectivity index (χ4n) is 0.622. The van der Waals surface area contributed by atoms with E-state index in [1.54, 1.807) is 6.20 Å². The van der Waals surface area contributed by atoms with E-state index < -0.39 is 0 Å². The number of aromatic nitrogens is 5. The van der Waals surface area contributed by atoms with Gasteiger partial charge >= 0.3 is 0 Å². The van der Waals surface area contributed by atoms with Crippen molar-refractivity contribution in [3.8, 4) is 0 Å². The molecule has 2 aromatic heterocycles. The summed E-state index contributed by atoms with van der Waals surface area (Å²) in [5, 5.41) is 10.5. The van der Waals surface area contributed by atoms with E-state index in [9.17, 15) is 0 Å². The van der Waals surface area contributed by atoms with E-state index in [4.69, 9.17) is 0 Å². The SMILES string of the molecule is [c]1nnnc2cncnc12. The fraction of sp³-hybridized carbons (Fsp3) is 0. The molecule has 0 bridgehead atoms. The maximum absolute atomic E-state index is 3.85. The van der Waals surface area contributed by atoms with Gasteiger partial charge in [-0.15, -0.1) is 10.2 Å². The molecule has 0 amide bonds. The summed E-state index contributed by atoms with van der Waals surface area (Å²) in [5.41, 5.74) is 1.20. The Morgan fingerprint density at radius 2 is 2.40 bits per heavy atom. The molecular weight excluding hydrogens is 130 g/mol. The summed E-state index contributed by atoms with van der Waals surface area (Å²) in [6.07, 6.45) is 5.56. The van der Waals surface area contributed by atoms with Gasteiger partial charge in [0.2, 0.25) is 0 Å². The highest BCUT2D eigenvalue weighted by atomic mass is 15.3. The van der Waals surface area contributed by atoms with Gasteiger partial charge in [-0.2, -0.15) is 0 Å². The maximum atomic E-state index is 3.85. The highest BCUT2D eigenvalue weighted by Gasteiger charge is 1.92. The molecule has 5 nitrogen and oxygen atoms in total. The topological polar surface area (TPSA) is 64.5 Å². The average molecular weight is 132 g/mol. The Hall–Kier alpha value is -1.65. The zero-order valence-electron chi connectivity index (χ0n) is 4.89. The first kappa shape index (κ1) is 5.16. The average Bonchev–Trinajstić information content (AvgIpc) is 2.05. The zero-order chi connectivity index (χ0) is 6.81. The van der Waals surface area contributed by atoms with Crippen LogP contribution in [0.1, 0.15) is 0 Å². The van der Waals surface area contributed by atoms with E-state index in [0.717, 1.165) is 0 Å². The second-order valence-electron chi connectivity index (χ2n) is 1.66. The van der Waals surface area contributed by atoms with Crippen molar-refractivity contribution in [1.82, 2.24) is 25.4 Å². The molecule has 10 heavy (non-hydrogen) atoms. The smallest absolute Gasteiger partial charge is 0.145 e. The number of nitrogens with zero attached hydrogens (tertiary/aromatic N) is 5. The van der Waals surface area contributed by atoms with Crippen molar-refractivity contribution in [2.75, 3.05) is 0 Å². The second kappa shape index (κ2) is 1.94. The Morgan fingerprint density at radius 3 is 3.30 bits per heavy atom. The molecule has 0 aliphatic rings. The van der Waals surface area contributed by atoms with Crippen LogP contribution in [0.3, 0.4) is 0 Å². The third-order valence-electron chi connectivity index (χ3n) is 1.05. The van der Waals surface area contributed by atoms with Crippen molar-refractivity contribution in [3.05, 3.63) is 18.7 Å². The molecule has 2 rings (SSSR count). The van der Waals surface area contributed by atoms with Crippen molar-refractivity contribution in [2.24, 2.45) is 0 Å². The van der Waals surface area contributed by atoms with Gasteiger partial charge in [-0.05, 0) is 5.21 Å². The van der Waals surface area contributed by atoms with Gasteiger partial charge in [0.25, 0.3) is 0 Å². The van der Waals surface area contributed by atoms with Crippen LogP contribution in [0.4, 0.5) is 0 Å². The lowest BCUT2D eigenvalue weighted by Gasteiger charge is -1.87. The molecule has 0 aliphatic heterocycles. The van der Waals surface area contributed by atoms with Gasteiger partial charge in [-0.1, -0.05) is 0 Å². The van der Waals surface area contributed by atoms with E-state index in [-0.39, 0.29) is 0 Å². The van der Waals surface area contributed by atoms with Crippen molar-refractivity contribution in [2.45, 2.75) is 0 Å². The van der Waals surface area contributed by atoms with Crippen LogP contribution in [0.25, 0.3) is 11.0 Å². The minimum absolute atomic E-state index is 0.588. The predicted octanol–water partition coefficient (Wildman–Crippen LogP) is -0.385. The molecule has 0 aliphatic carbocycles. The molecular formula is C5H2N5. The number of rotatable bonds is 0. The van der Waals surface area contributed by atoms with Crippen molar-refractivity contribution in [3.63, 3.8) is 0 Å². The van der Waals surface area contributed by atoms with Crippen LogP contribution >= 0.6 is 0 Å². The summed E-state index contributed by atoms with van der Waals surface area (Å²) in [4.78, 5) is 7.60. The summed E-state index contributed by atoms with van der Waals surface area (Å²) in [5.74, 6) is 0. The quantitative estimate of drug-likeness (QED) is 0.488. The lowest BCUT2D eigenvalue weighted by molar-refractivity contribution is 0.882. The molecule has 5 heteroatoms. The Morgan fingerprint density at radius 1 is 1.40 bits per heavy atom. The van der Waals surface area contributed by atoms with Crippen LogP contribution in [0.5, 0.6) is 0 Å². The second-order valence-corrected chi connectivity index (χ2v) is 1.66. The number of hydrogen-bond acceptors (Lipinski definition) is 5. The number of hydrogen-bond donors (Lipinski definition) is 0. The zero-order valence-corrected chi connectivity index (χ0v) is 4.89. The molecule has 2 aromatic rings. The van der Waals surface area contributed by atoms with Crippen LogP contribution in [0.15, 0.2) is 12.5 Å². The standard InChI is InChI=1S/C5H2N5/c1-5-4(7-3-6-1)2-8-10-9-5/h1,3H. The minimum atomic E-state index is 0.588. The molecule has 0 saturated heterocycles. The highest BCUT2D eigenvalue weighted by molar-refractivity contribution is 5.69. The molecule has 0 N–H and O–H groups in total. The van der Waals surface area contributed by atoms with Gasteiger partial charge in [0.1, 0.15) is 23.6 Å². The van der Waals surface area contributed by atoms with Gasteiger partial charge in [0.15, 0.2) is 0 Å². The van der Waals surface area contributed by atoms with Crippen molar-refractivity contribution < 1.29 is 0 Å². The Balaban J connectivity index is 2.89. The number of fused-ring (bicyclic) bond motifs is 1. The third kappa shape index (κ3) is 0.680. The Bertz CT molecular complexity index is 281. The van der Waals surface area contributed by atoms with E-state index in [1.807, 2.05) is 0 Å². The van der Waals surface area contributed by atoms with Crippen LogP contribution < -0.4 is 0 Å². The van der Waals surface area contributed by atoms with Crippen molar-refractivity contribution >= 4 is 11.0 Å². The van der Waals surface area contributed by atoms with Crippen LogP contribution in [-0.2, 0) is 0 Å². The van der Waals surface area contributed by atoms with E-state index in [0.29, 0.717) is 11.0 Å². The maximum Gasteiger partial charge on any atom is 0.145 e. The van der Waals surface area contributed by atoms with Gasteiger partial charge < -0.3 is 0 Å². The molecule has 0 atom stereocenters. The summed E-state index contributed by atoms with van der Waals surface area (Å²) >= 11 is 0. The summed E-state index contributed by atoms with van der Waals surface area (Å²) in [7, 11) is 0. The highest BCUT2D eigenvalue weighted by Crippen LogP contribution is 1.98. The summed E-state index contributed by atoms with van der Waals surface area (Å²) in [6, 6.07) is 0. The lowest BCUT2D eigenvalue weighted by Crippen LogP contribution is -1.89. The van der Waals surface area contributed by atoms with Gasteiger partial charge in [0, 0.05) is 0 Å². The molecule has 0 saturated carbocycles. The van der Waals surface area contributed by atoms with Gasteiger partial charge in [-0.3, -0.25) is 0 Å². The van der Waals surface area contributed by atoms with Gasteiger partial charge in [0.05, 0.1) is 6.20 Å². The Kier molecular flexibility index (Phi) is 1.00. The largest absolute Gasteiger partial charge is 0.242 e. The summed E-state index contributed by atoms with van der Waals surface area (Å²) in [6.45, 7) is 0. The van der Waals surface area contributed by atoms with Crippen LogP contribution in [0.2, 0.25) is 0 Å². The van der Waals surface area contributed by atoms with Crippen LogP contribution in [-0.4, -0.2) is 25.4 Å². The first-order valence-corrected chi connectivity index (χ1v) is 2.63. The molecule has 2 heterocycles. The Labute approximate surface area is 56.1 Å². The first-order chi connectivity index (χ1) is 4.97. The van der Waals surface area contributed by atoms with Gasteiger partial charge in [-0.25, -0.2) is 9.97 Å². The molecule has 0 aromatic carbocycles. The lowest BCUT2D eigenvalue weighted by atomic mass is 10.5. The van der Waals surface area contributed by atoms with E-state index >= 15 is 0 Å². The summed E-state index contributed by atoms with van der Waals surface area (Å²) < 4.78 is 0. The molecule has 1 radical (unpaired) electrons. The molecule has 47 valence electrons. The fourth-order valence-corrected chi connectivity index (χ4v) is 0.622. The molecule has 0 spiro atoms. The normalized spacial score (nSPS) is 10.0. The van der Waals surface area contributed by atoms with Crippen molar-refractivity contribution in [1.29, 1.82) is 0 Å². The third-order valence-corrected chi connectivity index (χ3v) is 1.05. The van der Waals surface area contributed by atoms with E-state index in [1.165, 1.54) is 6.33 Å². The first-order valence-electron chi connectivity index (χ1n) is 2.63. The van der Waals surface area contributed by atoms with Crippen LogP contribution in [0, 0.1) is 6.20 Å². The van der Waals surface area contributed by atoms with E-state index in [2.05, 4.69) is 31.6 Å². The molecule has 0 unspecified atom stereocenters. The predicted molar refractivity (Wildman–Crippen MR) is 31.8 cm³/mol. The minimum Gasteiger partial charge on any atom is -0.242 e. The molecule has 0 fully saturated rings.